The van der Waals surface area contributed by atoms with Crippen LogP contribution < -0.4 is 11.5 Å². The molecule has 2 atom stereocenters. The van der Waals surface area contributed by atoms with Crippen molar-refractivity contribution in [1.29, 1.82) is 0 Å². The molecule has 6 N–H and O–H groups in total. The molecule has 0 aliphatic rings. The summed E-state index contributed by atoms with van der Waals surface area (Å²) < 4.78 is 10.0. The summed E-state index contributed by atoms with van der Waals surface area (Å²) >= 11 is 0. The van der Waals surface area contributed by atoms with Crippen LogP contribution in [0.2, 0.25) is 0 Å². The predicted molar refractivity (Wildman–Crippen MR) is 101 cm³/mol. The van der Waals surface area contributed by atoms with E-state index in [1.165, 1.54) is 24.3 Å². The molecule has 0 aromatic heterocycles. The van der Waals surface area contributed by atoms with Crippen molar-refractivity contribution in [3.05, 3.63) is 59.7 Å². The van der Waals surface area contributed by atoms with Gasteiger partial charge >= 0.3 is 11.9 Å². The first-order valence-corrected chi connectivity index (χ1v) is 8.75. The van der Waals surface area contributed by atoms with Crippen LogP contribution >= 0.6 is 0 Å². The fraction of sp³-hybridized carbons (Fsp3) is 0.300. The average molecular weight is 388 g/mol. The van der Waals surface area contributed by atoms with Gasteiger partial charge in [-0.05, 0) is 48.2 Å². The summed E-state index contributed by atoms with van der Waals surface area (Å²) in [6.45, 7) is -0.250. The second kappa shape index (κ2) is 10.3. The molecule has 2 aromatic rings. The molecule has 2 unspecified atom stereocenters. The first-order valence-electron chi connectivity index (χ1n) is 8.75. The molecule has 0 spiro atoms. The van der Waals surface area contributed by atoms with E-state index in [9.17, 15) is 19.8 Å². The van der Waals surface area contributed by atoms with Crippen LogP contribution in [0.4, 0.5) is 0 Å². The lowest BCUT2D eigenvalue weighted by Gasteiger charge is -2.14. The summed E-state index contributed by atoms with van der Waals surface area (Å²) in [4.78, 5) is 23.8. The van der Waals surface area contributed by atoms with Gasteiger partial charge in [-0.3, -0.25) is 9.59 Å². The molecule has 8 nitrogen and oxygen atoms in total. The fourth-order valence-corrected chi connectivity index (χ4v) is 2.44. The number of nitrogens with two attached hydrogens (primary N) is 2. The molecule has 0 aliphatic carbocycles. The molecule has 2 aromatic carbocycles. The lowest BCUT2D eigenvalue weighted by molar-refractivity contribution is -0.153. The second-order valence-electron chi connectivity index (χ2n) is 6.29. The summed E-state index contributed by atoms with van der Waals surface area (Å²) in [6.07, 6.45) is 0.521. The van der Waals surface area contributed by atoms with Gasteiger partial charge in [-0.2, -0.15) is 0 Å². The number of hydrogen-bond donors (Lipinski definition) is 4. The van der Waals surface area contributed by atoms with Crippen LogP contribution in [0.15, 0.2) is 48.5 Å². The largest absolute Gasteiger partial charge is 0.508 e. The van der Waals surface area contributed by atoms with Gasteiger partial charge in [0.2, 0.25) is 0 Å². The number of carbonyl (C=O) groups is 2. The summed E-state index contributed by atoms with van der Waals surface area (Å²) in [6, 6.07) is 11.0. The van der Waals surface area contributed by atoms with Crippen molar-refractivity contribution in [1.82, 2.24) is 0 Å². The number of carbonyl (C=O) groups excluding carboxylic acids is 2. The molecule has 0 heterocycles. The summed E-state index contributed by atoms with van der Waals surface area (Å²) in [5.74, 6) is -0.967. The molecule has 0 fully saturated rings. The van der Waals surface area contributed by atoms with Crippen molar-refractivity contribution < 1.29 is 29.3 Å². The third-order valence-corrected chi connectivity index (χ3v) is 3.96. The standard InChI is InChI=1S/C20H24N2O6/c21-17(11-13-1-5-15(23)6-2-13)19(25)27-9-10-28-20(26)18(22)12-14-3-7-16(24)8-4-14/h1-8,17-18,23-24H,9-12,21-22H2. The van der Waals surface area contributed by atoms with E-state index in [2.05, 4.69) is 0 Å². The van der Waals surface area contributed by atoms with Gasteiger partial charge in [0.1, 0.15) is 36.8 Å². The Bertz CT molecular complexity index is 709. The predicted octanol–water partition coefficient (Wildman–Crippen LogP) is 0.624. The molecule has 0 radical (unpaired) electrons. The molecule has 0 saturated heterocycles. The molecular formula is C20H24N2O6. The Morgan fingerprint density at radius 2 is 1.04 bits per heavy atom. The zero-order valence-electron chi connectivity index (χ0n) is 15.3. The van der Waals surface area contributed by atoms with Crippen molar-refractivity contribution >= 4 is 11.9 Å². The van der Waals surface area contributed by atoms with Gasteiger partial charge in [0.05, 0.1) is 0 Å². The van der Waals surface area contributed by atoms with Gasteiger partial charge in [0.25, 0.3) is 0 Å². The Labute approximate surface area is 162 Å². The molecule has 8 heteroatoms. The van der Waals surface area contributed by atoms with Gasteiger partial charge in [-0.15, -0.1) is 0 Å². The van der Waals surface area contributed by atoms with Crippen LogP contribution in [-0.2, 0) is 31.9 Å². The van der Waals surface area contributed by atoms with Crippen molar-refractivity contribution in [2.75, 3.05) is 13.2 Å². The summed E-state index contributed by atoms with van der Waals surface area (Å²) in [5.41, 5.74) is 13.2. The molecule has 28 heavy (non-hydrogen) atoms. The Morgan fingerprint density at radius 1 is 0.714 bits per heavy atom. The van der Waals surface area contributed by atoms with Gasteiger partial charge in [-0.1, -0.05) is 24.3 Å². The fourth-order valence-electron chi connectivity index (χ4n) is 2.44. The first-order chi connectivity index (χ1) is 13.3. The van der Waals surface area contributed by atoms with E-state index in [1.807, 2.05) is 0 Å². The maximum Gasteiger partial charge on any atom is 0.323 e. The second-order valence-corrected chi connectivity index (χ2v) is 6.29. The molecule has 2 rings (SSSR count). The highest BCUT2D eigenvalue weighted by atomic mass is 16.6. The monoisotopic (exact) mass is 388 g/mol. The van der Waals surface area contributed by atoms with E-state index >= 15 is 0 Å². The number of aromatic hydroxyl groups is 2. The molecule has 0 aliphatic heterocycles. The molecule has 0 bridgehead atoms. The third-order valence-electron chi connectivity index (χ3n) is 3.96. The summed E-state index contributed by atoms with van der Waals surface area (Å²) in [5, 5.41) is 18.5. The minimum absolute atomic E-state index is 0.125. The van der Waals surface area contributed by atoms with E-state index in [0.29, 0.717) is 0 Å². The van der Waals surface area contributed by atoms with Crippen molar-refractivity contribution in [2.45, 2.75) is 24.9 Å². The van der Waals surface area contributed by atoms with Crippen LogP contribution in [0.25, 0.3) is 0 Å². The maximum absolute atomic E-state index is 11.9. The van der Waals surface area contributed by atoms with E-state index in [1.54, 1.807) is 24.3 Å². The Morgan fingerprint density at radius 3 is 1.36 bits per heavy atom. The number of esters is 2. The van der Waals surface area contributed by atoms with Gasteiger partial charge in [0, 0.05) is 0 Å². The van der Waals surface area contributed by atoms with Gasteiger partial charge in [0.15, 0.2) is 0 Å². The molecule has 0 saturated carbocycles. The number of benzene rings is 2. The van der Waals surface area contributed by atoms with E-state index in [-0.39, 0.29) is 37.6 Å². The van der Waals surface area contributed by atoms with Crippen LogP contribution in [0.1, 0.15) is 11.1 Å². The molecule has 150 valence electrons. The SMILES string of the molecule is NC(Cc1ccc(O)cc1)C(=O)OCCOC(=O)C(N)Cc1ccc(O)cc1. The Balaban J connectivity index is 1.66. The highest BCUT2D eigenvalue weighted by Gasteiger charge is 2.18. The topological polar surface area (TPSA) is 145 Å². The lowest BCUT2D eigenvalue weighted by Crippen LogP contribution is -2.36. The van der Waals surface area contributed by atoms with E-state index < -0.39 is 24.0 Å². The number of hydrogen-bond acceptors (Lipinski definition) is 8. The van der Waals surface area contributed by atoms with Crippen LogP contribution in [0.3, 0.4) is 0 Å². The lowest BCUT2D eigenvalue weighted by atomic mass is 10.1. The minimum Gasteiger partial charge on any atom is -0.508 e. The maximum atomic E-state index is 11.9. The minimum atomic E-state index is -0.864. The average Bonchev–Trinajstić information content (AvgIpc) is 2.68. The first kappa shape index (κ1) is 21.2. The van der Waals surface area contributed by atoms with E-state index in [0.717, 1.165) is 11.1 Å². The molecular weight excluding hydrogens is 364 g/mol. The van der Waals surface area contributed by atoms with Crippen LogP contribution in [-0.4, -0.2) is 47.4 Å². The number of rotatable bonds is 9. The van der Waals surface area contributed by atoms with Crippen molar-refractivity contribution in [2.24, 2.45) is 11.5 Å². The smallest absolute Gasteiger partial charge is 0.323 e. The normalized spacial score (nSPS) is 12.8. The Hall–Kier alpha value is -3.10. The van der Waals surface area contributed by atoms with Crippen LogP contribution in [0.5, 0.6) is 11.5 Å². The van der Waals surface area contributed by atoms with Gasteiger partial charge < -0.3 is 31.2 Å². The highest BCUT2D eigenvalue weighted by molar-refractivity contribution is 5.76. The number of ether oxygens (including phenoxy) is 2. The third kappa shape index (κ3) is 6.90. The van der Waals surface area contributed by atoms with Crippen molar-refractivity contribution in [3.63, 3.8) is 0 Å². The quantitative estimate of drug-likeness (QED) is 0.361. The van der Waals surface area contributed by atoms with Crippen molar-refractivity contribution in [3.8, 4) is 11.5 Å². The highest BCUT2D eigenvalue weighted by Crippen LogP contribution is 2.12. The summed E-state index contributed by atoms with van der Waals surface area (Å²) in [7, 11) is 0. The number of phenols is 2. The zero-order chi connectivity index (χ0) is 20.5. The van der Waals surface area contributed by atoms with E-state index in [4.69, 9.17) is 20.9 Å². The Kier molecular flexibility index (Phi) is 7.79. The van der Waals surface area contributed by atoms with Gasteiger partial charge in [-0.25, -0.2) is 0 Å². The zero-order valence-corrected chi connectivity index (χ0v) is 15.3. The number of phenolic OH excluding ortho intramolecular Hbond substituents is 2. The molecule has 0 amide bonds. The van der Waals surface area contributed by atoms with Crippen LogP contribution in [0, 0.1) is 0 Å².